The van der Waals surface area contributed by atoms with E-state index in [2.05, 4.69) is 16.3 Å². The number of amides is 1. The van der Waals surface area contributed by atoms with E-state index in [0.717, 1.165) is 55.0 Å². The van der Waals surface area contributed by atoms with Gasteiger partial charge in [-0.25, -0.2) is 0 Å². The summed E-state index contributed by atoms with van der Waals surface area (Å²) in [4.78, 5) is 26.5. The highest BCUT2D eigenvalue weighted by Crippen LogP contribution is 2.24. The van der Waals surface area contributed by atoms with Crippen molar-refractivity contribution in [2.24, 2.45) is 5.92 Å². The predicted octanol–water partition coefficient (Wildman–Crippen LogP) is 4.84. The molecule has 1 heterocycles. The van der Waals surface area contributed by atoms with Crippen molar-refractivity contribution in [2.45, 2.75) is 46.1 Å². The summed E-state index contributed by atoms with van der Waals surface area (Å²) in [6.45, 7) is 6.50. The van der Waals surface area contributed by atoms with Gasteiger partial charge in [0.25, 0.3) is 0 Å². The standard InChI is InChI=1S/C25H32N2O3/c1-18-14-23(30-3)10-11-24(18)26-25(29)12-9-20-7-5-13-27(16-20)17-21-6-4-8-22(15-21)19(2)28/h4,6,8,10-11,14-15,20H,5,7,9,12-13,16-17H2,1-3H3,(H,26,29)/t20-/m0/s1. The number of piperidine rings is 1. The summed E-state index contributed by atoms with van der Waals surface area (Å²) in [6, 6.07) is 13.6. The highest BCUT2D eigenvalue weighted by Gasteiger charge is 2.21. The van der Waals surface area contributed by atoms with E-state index in [1.165, 1.54) is 12.0 Å². The Morgan fingerprint density at radius 1 is 1.20 bits per heavy atom. The quantitative estimate of drug-likeness (QED) is 0.635. The zero-order chi connectivity index (χ0) is 21.5. The van der Waals surface area contributed by atoms with Gasteiger partial charge >= 0.3 is 0 Å². The van der Waals surface area contributed by atoms with E-state index >= 15 is 0 Å². The summed E-state index contributed by atoms with van der Waals surface area (Å²) in [5.74, 6) is 1.49. The third-order valence-corrected chi connectivity index (χ3v) is 5.83. The second-order valence-electron chi connectivity index (χ2n) is 8.27. The van der Waals surface area contributed by atoms with Gasteiger partial charge in [-0.05, 0) is 81.0 Å². The molecule has 1 aliphatic heterocycles. The van der Waals surface area contributed by atoms with Crippen molar-refractivity contribution in [3.63, 3.8) is 0 Å². The minimum atomic E-state index is 0.0644. The molecule has 2 aromatic rings. The highest BCUT2D eigenvalue weighted by atomic mass is 16.5. The molecule has 160 valence electrons. The molecule has 1 saturated heterocycles. The number of carbonyl (C=O) groups excluding carboxylic acids is 2. The Bertz CT molecular complexity index is 894. The van der Waals surface area contributed by atoms with E-state index in [1.54, 1.807) is 14.0 Å². The van der Waals surface area contributed by atoms with E-state index in [0.29, 0.717) is 12.3 Å². The molecule has 0 unspecified atom stereocenters. The molecule has 0 radical (unpaired) electrons. The number of ketones is 1. The summed E-state index contributed by atoms with van der Waals surface area (Å²) in [5.41, 5.74) is 3.79. The molecule has 1 aliphatic rings. The van der Waals surface area contributed by atoms with Gasteiger partial charge in [0.1, 0.15) is 5.75 Å². The van der Waals surface area contributed by atoms with Gasteiger partial charge in [-0.2, -0.15) is 0 Å². The van der Waals surface area contributed by atoms with Gasteiger partial charge in [0.2, 0.25) is 5.91 Å². The number of carbonyl (C=O) groups is 2. The number of rotatable bonds is 8. The van der Waals surface area contributed by atoms with Gasteiger partial charge in [0, 0.05) is 30.8 Å². The molecule has 1 fully saturated rings. The number of hydrogen-bond donors (Lipinski definition) is 1. The van der Waals surface area contributed by atoms with E-state index in [4.69, 9.17) is 4.74 Å². The number of Topliss-reactive ketones (excluding diaryl/α,β-unsaturated/α-hetero) is 1. The van der Waals surface area contributed by atoms with E-state index < -0.39 is 0 Å². The number of benzene rings is 2. The number of nitrogens with zero attached hydrogens (tertiary/aromatic N) is 1. The maximum atomic E-state index is 12.4. The molecular formula is C25H32N2O3. The van der Waals surface area contributed by atoms with Gasteiger partial charge in [-0.15, -0.1) is 0 Å². The molecule has 5 heteroatoms. The second-order valence-corrected chi connectivity index (χ2v) is 8.27. The van der Waals surface area contributed by atoms with Crippen LogP contribution in [-0.2, 0) is 11.3 Å². The fraction of sp³-hybridized carbons (Fsp3) is 0.440. The van der Waals surface area contributed by atoms with Crippen molar-refractivity contribution in [2.75, 3.05) is 25.5 Å². The fourth-order valence-corrected chi connectivity index (χ4v) is 4.13. The van der Waals surface area contributed by atoms with Crippen LogP contribution in [0.5, 0.6) is 5.75 Å². The predicted molar refractivity (Wildman–Crippen MR) is 120 cm³/mol. The Labute approximate surface area is 179 Å². The lowest BCUT2D eigenvalue weighted by molar-refractivity contribution is -0.116. The number of anilines is 1. The lowest BCUT2D eigenvalue weighted by atomic mass is 9.92. The lowest BCUT2D eigenvalue weighted by Crippen LogP contribution is -2.35. The Morgan fingerprint density at radius 3 is 2.77 bits per heavy atom. The van der Waals surface area contributed by atoms with Crippen molar-refractivity contribution in [1.82, 2.24) is 4.90 Å². The van der Waals surface area contributed by atoms with Crippen LogP contribution in [0.15, 0.2) is 42.5 Å². The minimum absolute atomic E-state index is 0.0644. The van der Waals surface area contributed by atoms with Crippen molar-refractivity contribution >= 4 is 17.4 Å². The molecule has 0 saturated carbocycles. The topological polar surface area (TPSA) is 58.6 Å². The molecule has 1 N–H and O–H groups in total. The molecule has 0 aromatic heterocycles. The zero-order valence-corrected chi connectivity index (χ0v) is 18.2. The Kier molecular flexibility index (Phi) is 7.63. The number of methoxy groups -OCH3 is 1. The monoisotopic (exact) mass is 408 g/mol. The first-order chi connectivity index (χ1) is 14.4. The molecule has 5 nitrogen and oxygen atoms in total. The van der Waals surface area contributed by atoms with E-state index in [1.807, 2.05) is 43.3 Å². The van der Waals surface area contributed by atoms with Gasteiger partial charge in [-0.1, -0.05) is 18.2 Å². The third kappa shape index (κ3) is 6.17. The van der Waals surface area contributed by atoms with Crippen LogP contribution >= 0.6 is 0 Å². The van der Waals surface area contributed by atoms with Crippen LogP contribution in [0.25, 0.3) is 0 Å². The van der Waals surface area contributed by atoms with Gasteiger partial charge in [0.15, 0.2) is 5.78 Å². The minimum Gasteiger partial charge on any atom is -0.497 e. The molecule has 0 spiro atoms. The number of hydrogen-bond acceptors (Lipinski definition) is 4. The SMILES string of the molecule is COc1ccc(NC(=O)CC[C@@H]2CCCN(Cc3cccc(C(C)=O)c3)C2)c(C)c1. The van der Waals surface area contributed by atoms with Crippen LogP contribution in [-0.4, -0.2) is 36.8 Å². The first kappa shape index (κ1) is 22.0. The molecule has 3 rings (SSSR count). The molecule has 30 heavy (non-hydrogen) atoms. The molecule has 1 amide bonds. The van der Waals surface area contributed by atoms with Crippen molar-refractivity contribution < 1.29 is 14.3 Å². The Morgan fingerprint density at radius 2 is 2.03 bits per heavy atom. The molecular weight excluding hydrogens is 376 g/mol. The lowest BCUT2D eigenvalue weighted by Gasteiger charge is -2.32. The molecule has 0 aliphatic carbocycles. The number of aryl methyl sites for hydroxylation is 1. The maximum Gasteiger partial charge on any atom is 0.224 e. The summed E-state index contributed by atoms with van der Waals surface area (Å²) in [5, 5.41) is 3.03. The number of ether oxygens (including phenoxy) is 1. The first-order valence-electron chi connectivity index (χ1n) is 10.7. The van der Waals surface area contributed by atoms with Crippen molar-refractivity contribution in [3.8, 4) is 5.75 Å². The molecule has 1 atom stereocenters. The summed E-state index contributed by atoms with van der Waals surface area (Å²) < 4.78 is 5.22. The van der Waals surface area contributed by atoms with Crippen LogP contribution in [0.3, 0.4) is 0 Å². The second kappa shape index (κ2) is 10.4. The average Bonchev–Trinajstić information content (AvgIpc) is 2.74. The van der Waals surface area contributed by atoms with E-state index in [-0.39, 0.29) is 11.7 Å². The van der Waals surface area contributed by atoms with Crippen LogP contribution in [0.1, 0.15) is 54.1 Å². The normalized spacial score (nSPS) is 16.8. The summed E-state index contributed by atoms with van der Waals surface area (Å²) in [7, 11) is 1.64. The van der Waals surface area contributed by atoms with Gasteiger partial charge in [0.05, 0.1) is 7.11 Å². The Hall–Kier alpha value is -2.66. The highest BCUT2D eigenvalue weighted by molar-refractivity contribution is 5.94. The smallest absolute Gasteiger partial charge is 0.224 e. The van der Waals surface area contributed by atoms with E-state index in [9.17, 15) is 9.59 Å². The van der Waals surface area contributed by atoms with Crippen LogP contribution in [0, 0.1) is 12.8 Å². The maximum absolute atomic E-state index is 12.4. The van der Waals surface area contributed by atoms with Crippen molar-refractivity contribution in [3.05, 3.63) is 59.2 Å². The molecule has 2 aromatic carbocycles. The Balaban J connectivity index is 1.48. The van der Waals surface area contributed by atoms with Crippen LogP contribution < -0.4 is 10.1 Å². The van der Waals surface area contributed by atoms with Gasteiger partial charge < -0.3 is 10.1 Å². The number of nitrogens with one attached hydrogen (secondary N) is 1. The summed E-state index contributed by atoms with van der Waals surface area (Å²) in [6.07, 6.45) is 3.74. The molecule has 0 bridgehead atoms. The zero-order valence-electron chi connectivity index (χ0n) is 18.2. The van der Waals surface area contributed by atoms with Gasteiger partial charge in [-0.3, -0.25) is 14.5 Å². The fourth-order valence-electron chi connectivity index (χ4n) is 4.13. The largest absolute Gasteiger partial charge is 0.497 e. The average molecular weight is 409 g/mol. The van der Waals surface area contributed by atoms with Crippen molar-refractivity contribution in [1.29, 1.82) is 0 Å². The first-order valence-corrected chi connectivity index (χ1v) is 10.7. The number of likely N-dealkylation sites (tertiary alicyclic amines) is 1. The third-order valence-electron chi connectivity index (χ3n) is 5.83. The van der Waals surface area contributed by atoms with Crippen LogP contribution in [0.2, 0.25) is 0 Å². The van der Waals surface area contributed by atoms with Crippen LogP contribution in [0.4, 0.5) is 5.69 Å². The summed E-state index contributed by atoms with van der Waals surface area (Å²) >= 11 is 0.